The molecule has 0 N–H and O–H groups in total. The van der Waals surface area contributed by atoms with Crippen molar-refractivity contribution in [2.75, 3.05) is 20.2 Å². The zero-order chi connectivity index (χ0) is 14.4. The average molecular weight is 292 g/mol. The van der Waals surface area contributed by atoms with Gasteiger partial charge in [0.15, 0.2) is 0 Å². The van der Waals surface area contributed by atoms with Crippen LogP contribution >= 0.6 is 11.6 Å². The maximum Gasteiger partial charge on any atom is 0.273 e. The monoisotopic (exact) mass is 291 g/mol. The van der Waals surface area contributed by atoms with Crippen LogP contribution in [0.1, 0.15) is 10.5 Å². The molecule has 0 atom stereocenters. The Morgan fingerprint density at radius 1 is 1.25 bits per heavy atom. The van der Waals surface area contributed by atoms with Gasteiger partial charge >= 0.3 is 0 Å². The Labute approximate surface area is 122 Å². The second-order valence-electron chi connectivity index (χ2n) is 4.11. The lowest BCUT2D eigenvalue weighted by molar-refractivity contribution is 0.0767. The molecule has 20 heavy (non-hydrogen) atoms. The molecule has 0 aliphatic heterocycles. The molecule has 0 aliphatic rings. The van der Waals surface area contributed by atoms with Gasteiger partial charge in [-0.25, -0.2) is 9.97 Å². The summed E-state index contributed by atoms with van der Waals surface area (Å²) in [4.78, 5) is 21.3. The van der Waals surface area contributed by atoms with E-state index >= 15 is 0 Å². The highest BCUT2D eigenvalue weighted by Crippen LogP contribution is 2.08. The molecule has 0 saturated carbocycles. The first kappa shape index (κ1) is 14.3. The van der Waals surface area contributed by atoms with Gasteiger partial charge in [-0.1, -0.05) is 29.8 Å². The quantitative estimate of drug-likeness (QED) is 0.848. The minimum absolute atomic E-state index is 0.217. The lowest BCUT2D eigenvalue weighted by Gasteiger charge is -2.16. The number of rotatable bonds is 5. The van der Waals surface area contributed by atoms with E-state index in [0.29, 0.717) is 13.2 Å². The Morgan fingerprint density at radius 3 is 2.65 bits per heavy atom. The van der Waals surface area contributed by atoms with E-state index in [9.17, 15) is 4.79 Å². The zero-order valence-corrected chi connectivity index (χ0v) is 11.7. The number of carbonyl (C=O) groups excluding carboxylic acids is 1. The summed E-state index contributed by atoms with van der Waals surface area (Å²) in [5.41, 5.74) is 0.261. The molecule has 0 unspecified atom stereocenters. The lowest BCUT2D eigenvalue weighted by atomic mass is 10.3. The van der Waals surface area contributed by atoms with Crippen molar-refractivity contribution >= 4 is 17.5 Å². The van der Waals surface area contributed by atoms with Crippen LogP contribution in [0.3, 0.4) is 0 Å². The number of likely N-dealkylation sites (N-methyl/N-ethyl adjacent to an activating group) is 1. The Kier molecular flexibility index (Phi) is 4.90. The minimum Gasteiger partial charge on any atom is -0.492 e. The van der Waals surface area contributed by atoms with Crippen molar-refractivity contribution in [3.05, 3.63) is 53.6 Å². The van der Waals surface area contributed by atoms with E-state index in [2.05, 4.69) is 9.97 Å². The van der Waals surface area contributed by atoms with Gasteiger partial charge in [-0.15, -0.1) is 0 Å². The number of halogens is 1. The van der Waals surface area contributed by atoms with Gasteiger partial charge in [0.2, 0.25) is 0 Å². The van der Waals surface area contributed by atoms with Gasteiger partial charge < -0.3 is 9.64 Å². The smallest absolute Gasteiger partial charge is 0.273 e. The fraction of sp³-hybridized carbons (Fsp3) is 0.214. The first-order valence-corrected chi connectivity index (χ1v) is 6.45. The standard InChI is InChI=1S/C14H14ClN3O2/c1-18(7-8-20-11-5-3-2-4-6-11)14(19)12-9-17-13(15)10-16-12/h2-6,9-10H,7-8H2,1H3. The molecule has 0 fully saturated rings. The van der Waals surface area contributed by atoms with Crippen LogP contribution in [0.15, 0.2) is 42.7 Å². The highest BCUT2D eigenvalue weighted by Gasteiger charge is 2.13. The Hall–Kier alpha value is -2.14. The number of carbonyl (C=O) groups is 1. The fourth-order valence-corrected chi connectivity index (χ4v) is 1.63. The Morgan fingerprint density at radius 2 is 2.00 bits per heavy atom. The van der Waals surface area contributed by atoms with E-state index < -0.39 is 0 Å². The van der Waals surface area contributed by atoms with Gasteiger partial charge in [0.05, 0.1) is 18.9 Å². The molecule has 1 amide bonds. The Bertz CT molecular complexity index is 560. The predicted octanol–water partition coefficient (Wildman–Crippen LogP) is 2.28. The summed E-state index contributed by atoms with van der Waals surface area (Å²) in [7, 11) is 1.69. The van der Waals surface area contributed by atoms with Gasteiger partial charge in [-0.05, 0) is 12.1 Å². The SMILES string of the molecule is CN(CCOc1ccccc1)C(=O)c1cnc(Cl)cn1. The number of hydrogen-bond donors (Lipinski definition) is 0. The van der Waals surface area contributed by atoms with Crippen LogP contribution in [0.25, 0.3) is 0 Å². The van der Waals surface area contributed by atoms with Crippen molar-refractivity contribution in [2.24, 2.45) is 0 Å². The number of nitrogens with zero attached hydrogens (tertiary/aromatic N) is 3. The van der Waals surface area contributed by atoms with E-state index in [-0.39, 0.29) is 16.8 Å². The second-order valence-corrected chi connectivity index (χ2v) is 4.50. The van der Waals surface area contributed by atoms with Crippen molar-refractivity contribution in [2.45, 2.75) is 0 Å². The van der Waals surface area contributed by atoms with E-state index in [1.54, 1.807) is 7.05 Å². The lowest BCUT2D eigenvalue weighted by Crippen LogP contribution is -2.31. The van der Waals surface area contributed by atoms with Crippen LogP contribution in [-0.2, 0) is 0 Å². The maximum atomic E-state index is 12.0. The van der Waals surface area contributed by atoms with E-state index in [1.807, 2.05) is 30.3 Å². The molecular weight excluding hydrogens is 278 g/mol. The van der Waals surface area contributed by atoms with Gasteiger partial charge in [0.1, 0.15) is 23.2 Å². The first-order chi connectivity index (χ1) is 9.66. The number of ether oxygens (including phenoxy) is 1. The topological polar surface area (TPSA) is 55.3 Å². The summed E-state index contributed by atoms with van der Waals surface area (Å²) < 4.78 is 5.53. The summed E-state index contributed by atoms with van der Waals surface area (Å²) in [5.74, 6) is 0.561. The molecule has 0 aliphatic carbocycles. The van der Waals surface area contributed by atoms with Crippen LogP contribution in [0, 0.1) is 0 Å². The molecule has 2 aromatic rings. The molecule has 0 bridgehead atoms. The molecule has 5 nitrogen and oxygen atoms in total. The van der Waals surface area contributed by atoms with Crippen LogP contribution in [0.2, 0.25) is 5.15 Å². The molecule has 1 heterocycles. The van der Waals surface area contributed by atoms with Gasteiger partial charge in [-0.3, -0.25) is 4.79 Å². The zero-order valence-electron chi connectivity index (χ0n) is 11.0. The molecular formula is C14H14ClN3O2. The van der Waals surface area contributed by atoms with Crippen molar-refractivity contribution in [1.29, 1.82) is 0 Å². The summed E-state index contributed by atoms with van der Waals surface area (Å²) in [5, 5.41) is 0.261. The minimum atomic E-state index is -0.217. The largest absolute Gasteiger partial charge is 0.492 e. The molecule has 0 spiro atoms. The summed E-state index contributed by atoms with van der Waals surface area (Å²) in [6.45, 7) is 0.866. The molecule has 2 rings (SSSR count). The van der Waals surface area contributed by atoms with Crippen molar-refractivity contribution in [3.8, 4) is 5.75 Å². The van der Waals surface area contributed by atoms with Crippen LogP contribution in [-0.4, -0.2) is 41.0 Å². The van der Waals surface area contributed by atoms with Crippen LogP contribution < -0.4 is 4.74 Å². The highest BCUT2D eigenvalue weighted by molar-refractivity contribution is 6.29. The number of aromatic nitrogens is 2. The molecule has 1 aromatic heterocycles. The normalized spacial score (nSPS) is 10.1. The third-order valence-electron chi connectivity index (χ3n) is 2.62. The third-order valence-corrected chi connectivity index (χ3v) is 2.82. The third kappa shape index (κ3) is 3.93. The predicted molar refractivity (Wildman–Crippen MR) is 75.9 cm³/mol. The average Bonchev–Trinajstić information content (AvgIpc) is 2.48. The number of amides is 1. The molecule has 1 aromatic carbocycles. The second kappa shape index (κ2) is 6.86. The van der Waals surface area contributed by atoms with E-state index in [4.69, 9.17) is 16.3 Å². The van der Waals surface area contributed by atoms with Crippen LogP contribution in [0.5, 0.6) is 5.75 Å². The van der Waals surface area contributed by atoms with E-state index in [1.165, 1.54) is 17.3 Å². The number of benzene rings is 1. The van der Waals surface area contributed by atoms with E-state index in [0.717, 1.165) is 5.75 Å². The Balaban J connectivity index is 1.84. The van der Waals surface area contributed by atoms with Gasteiger partial charge in [0.25, 0.3) is 5.91 Å². The molecule has 0 saturated heterocycles. The van der Waals surface area contributed by atoms with Crippen LogP contribution in [0.4, 0.5) is 0 Å². The van der Waals surface area contributed by atoms with Crippen molar-refractivity contribution < 1.29 is 9.53 Å². The summed E-state index contributed by atoms with van der Waals surface area (Å²) in [6, 6.07) is 9.45. The molecule has 0 radical (unpaired) electrons. The molecule has 104 valence electrons. The van der Waals surface area contributed by atoms with Crippen molar-refractivity contribution in [3.63, 3.8) is 0 Å². The maximum absolute atomic E-state index is 12.0. The van der Waals surface area contributed by atoms with Crippen molar-refractivity contribution in [1.82, 2.24) is 14.9 Å². The summed E-state index contributed by atoms with van der Waals surface area (Å²) >= 11 is 5.63. The summed E-state index contributed by atoms with van der Waals surface area (Å²) in [6.07, 6.45) is 2.71. The number of para-hydroxylation sites is 1. The fourth-order valence-electron chi connectivity index (χ4n) is 1.54. The van der Waals surface area contributed by atoms with Gasteiger partial charge in [-0.2, -0.15) is 0 Å². The van der Waals surface area contributed by atoms with Gasteiger partial charge in [0, 0.05) is 7.05 Å². The number of hydrogen-bond acceptors (Lipinski definition) is 4. The molecule has 6 heteroatoms. The highest BCUT2D eigenvalue weighted by atomic mass is 35.5. The first-order valence-electron chi connectivity index (χ1n) is 6.07.